The van der Waals surface area contributed by atoms with Crippen molar-refractivity contribution in [3.05, 3.63) is 77.4 Å². The predicted octanol–water partition coefficient (Wildman–Crippen LogP) is 4.58. The standard InChI is InChI=1S/C33H34FN5O5S/c1-2-29(40)39-18-21(19-39)20-44-33(41)36-10-11-42-12-13-43-28-16-25(34)5-6-26(28)31-32-27(8-14-45-32)30(37-38-31)23-3-4-24-17-35-9-7-22(24)15-23/h2-6,8,14-16,21,35H,1,7,9-13,17-20H2,(H,36,41). The van der Waals surface area contributed by atoms with Gasteiger partial charge in [-0.3, -0.25) is 4.79 Å². The van der Waals surface area contributed by atoms with Crippen LogP contribution in [0.15, 0.2) is 60.5 Å². The zero-order chi connectivity index (χ0) is 31.2. The Morgan fingerprint density at radius 2 is 1.96 bits per heavy atom. The SMILES string of the molecule is C=CC(=O)N1CC(COC(=O)NCCOCCOc2cc(F)ccc2-c2nnc(-c3ccc4c(c3)CCNC4)c3ccsc23)C1. The number of thiophene rings is 1. The van der Waals surface area contributed by atoms with Crippen molar-refractivity contribution in [1.82, 2.24) is 25.7 Å². The molecule has 2 aliphatic rings. The van der Waals surface area contributed by atoms with Crippen LogP contribution in [0.1, 0.15) is 11.1 Å². The summed E-state index contributed by atoms with van der Waals surface area (Å²) in [6.07, 6.45) is 1.71. The molecule has 2 aromatic heterocycles. The molecule has 2 amide bonds. The maximum atomic E-state index is 14.3. The van der Waals surface area contributed by atoms with Crippen molar-refractivity contribution in [2.45, 2.75) is 13.0 Å². The molecule has 0 radical (unpaired) electrons. The average molecular weight is 632 g/mol. The van der Waals surface area contributed by atoms with E-state index in [9.17, 15) is 14.0 Å². The molecule has 0 atom stereocenters. The van der Waals surface area contributed by atoms with Crippen LogP contribution in [0.4, 0.5) is 9.18 Å². The van der Waals surface area contributed by atoms with Crippen LogP contribution in [0.5, 0.6) is 5.75 Å². The van der Waals surface area contributed by atoms with Gasteiger partial charge in [0.2, 0.25) is 5.91 Å². The second-order valence-electron chi connectivity index (χ2n) is 10.9. The predicted molar refractivity (Wildman–Crippen MR) is 170 cm³/mol. The van der Waals surface area contributed by atoms with E-state index in [0.29, 0.717) is 30.1 Å². The quantitative estimate of drug-likeness (QED) is 0.173. The molecule has 6 rings (SSSR count). The lowest BCUT2D eigenvalue weighted by Gasteiger charge is -2.38. The number of halogens is 1. The Hall–Kier alpha value is -4.39. The van der Waals surface area contributed by atoms with Gasteiger partial charge in [-0.25, -0.2) is 9.18 Å². The lowest BCUT2D eigenvalue weighted by molar-refractivity contribution is -0.132. The number of amides is 2. The molecule has 0 spiro atoms. The largest absolute Gasteiger partial charge is 0.490 e. The van der Waals surface area contributed by atoms with Gasteiger partial charge in [-0.15, -0.1) is 21.5 Å². The van der Waals surface area contributed by atoms with E-state index in [1.165, 1.54) is 29.3 Å². The monoisotopic (exact) mass is 631 g/mol. The molecule has 2 aromatic carbocycles. The number of likely N-dealkylation sites (tertiary alicyclic amines) is 1. The van der Waals surface area contributed by atoms with Crippen LogP contribution in [-0.4, -0.2) is 79.7 Å². The van der Waals surface area contributed by atoms with E-state index in [1.54, 1.807) is 22.3 Å². The van der Waals surface area contributed by atoms with Crippen LogP contribution in [-0.2, 0) is 27.2 Å². The molecule has 0 aliphatic carbocycles. The van der Waals surface area contributed by atoms with Crippen molar-refractivity contribution in [3.8, 4) is 28.3 Å². The zero-order valence-electron chi connectivity index (χ0n) is 24.7. The van der Waals surface area contributed by atoms with Crippen LogP contribution >= 0.6 is 11.3 Å². The molecule has 4 heterocycles. The Labute approximate surface area is 264 Å². The van der Waals surface area contributed by atoms with E-state index in [0.717, 1.165) is 40.9 Å². The summed E-state index contributed by atoms with van der Waals surface area (Å²) in [6.45, 7) is 7.56. The lowest BCUT2D eigenvalue weighted by atomic mass is 9.96. The van der Waals surface area contributed by atoms with Gasteiger partial charge >= 0.3 is 6.09 Å². The summed E-state index contributed by atoms with van der Waals surface area (Å²) in [5.74, 6) is -0.0579. The molecule has 0 saturated carbocycles. The summed E-state index contributed by atoms with van der Waals surface area (Å²) in [4.78, 5) is 25.0. The number of benzene rings is 2. The Kier molecular flexibility index (Phi) is 9.63. The summed E-state index contributed by atoms with van der Waals surface area (Å²) in [5, 5.41) is 18.3. The van der Waals surface area contributed by atoms with Gasteiger partial charge in [0.15, 0.2) is 0 Å². The normalized spacial score (nSPS) is 14.5. The van der Waals surface area contributed by atoms with Crippen LogP contribution in [0, 0.1) is 11.7 Å². The molecule has 1 saturated heterocycles. The molecule has 0 bridgehead atoms. The molecule has 10 nitrogen and oxygen atoms in total. The highest BCUT2D eigenvalue weighted by atomic mass is 32.1. The van der Waals surface area contributed by atoms with Gasteiger partial charge in [0.25, 0.3) is 0 Å². The van der Waals surface area contributed by atoms with Crippen molar-refractivity contribution in [2.75, 3.05) is 52.6 Å². The number of aromatic nitrogens is 2. The maximum Gasteiger partial charge on any atom is 0.407 e. The number of carbonyl (C=O) groups excluding carboxylic acids is 2. The third kappa shape index (κ3) is 7.14. The number of rotatable bonds is 12. The number of nitrogens with one attached hydrogen (secondary N) is 2. The van der Waals surface area contributed by atoms with E-state index < -0.39 is 11.9 Å². The van der Waals surface area contributed by atoms with Gasteiger partial charge in [0.1, 0.15) is 29.6 Å². The fraction of sp³-hybridized carbons (Fsp3) is 0.333. The first-order valence-electron chi connectivity index (χ1n) is 14.9. The first-order valence-corrected chi connectivity index (χ1v) is 15.8. The minimum atomic E-state index is -0.538. The molecule has 2 aliphatic heterocycles. The van der Waals surface area contributed by atoms with Crippen molar-refractivity contribution in [2.24, 2.45) is 5.92 Å². The number of hydrogen-bond donors (Lipinski definition) is 2. The van der Waals surface area contributed by atoms with Gasteiger partial charge in [0.05, 0.1) is 24.5 Å². The zero-order valence-corrected chi connectivity index (χ0v) is 25.5. The highest BCUT2D eigenvalue weighted by Crippen LogP contribution is 2.39. The molecule has 4 aromatic rings. The van der Waals surface area contributed by atoms with Gasteiger partial charge in [0, 0.05) is 54.7 Å². The second kappa shape index (κ2) is 14.1. The summed E-state index contributed by atoms with van der Waals surface area (Å²) in [6, 6.07) is 12.9. The number of carbonyl (C=O) groups is 2. The number of fused-ring (bicyclic) bond motifs is 2. The first kappa shape index (κ1) is 30.6. The number of nitrogens with zero attached hydrogens (tertiary/aromatic N) is 3. The van der Waals surface area contributed by atoms with Crippen molar-refractivity contribution >= 4 is 33.4 Å². The third-order valence-corrected chi connectivity index (χ3v) is 8.77. The number of hydrogen-bond acceptors (Lipinski definition) is 9. The first-order chi connectivity index (χ1) is 22.0. The van der Waals surface area contributed by atoms with E-state index in [-0.39, 0.29) is 44.8 Å². The molecule has 12 heteroatoms. The molecular formula is C33H34FN5O5S. The van der Waals surface area contributed by atoms with Crippen LogP contribution in [0.25, 0.3) is 32.6 Å². The lowest BCUT2D eigenvalue weighted by Crippen LogP contribution is -2.51. The third-order valence-electron chi connectivity index (χ3n) is 7.85. The van der Waals surface area contributed by atoms with Gasteiger partial charge in [-0.1, -0.05) is 18.7 Å². The van der Waals surface area contributed by atoms with E-state index in [4.69, 9.17) is 14.2 Å². The minimum absolute atomic E-state index is 0.118. The fourth-order valence-electron chi connectivity index (χ4n) is 5.47. The summed E-state index contributed by atoms with van der Waals surface area (Å²) in [7, 11) is 0. The molecule has 0 unspecified atom stereocenters. The minimum Gasteiger partial charge on any atom is -0.490 e. The van der Waals surface area contributed by atoms with Gasteiger partial charge in [-0.2, -0.15) is 0 Å². The fourth-order valence-corrected chi connectivity index (χ4v) is 6.36. The van der Waals surface area contributed by atoms with Gasteiger partial charge < -0.3 is 29.7 Å². The Morgan fingerprint density at radius 3 is 2.82 bits per heavy atom. The second-order valence-corrected chi connectivity index (χ2v) is 11.8. The Bertz CT molecular complexity index is 1710. The van der Waals surface area contributed by atoms with E-state index in [1.807, 2.05) is 11.4 Å². The summed E-state index contributed by atoms with van der Waals surface area (Å²) in [5.41, 5.74) is 5.76. The van der Waals surface area contributed by atoms with Crippen LogP contribution < -0.4 is 15.4 Å². The van der Waals surface area contributed by atoms with Crippen molar-refractivity contribution in [1.29, 1.82) is 0 Å². The molecular weight excluding hydrogens is 597 g/mol. The molecule has 234 valence electrons. The molecule has 45 heavy (non-hydrogen) atoms. The topological polar surface area (TPSA) is 115 Å². The van der Waals surface area contributed by atoms with Gasteiger partial charge in [-0.05, 0) is 59.8 Å². The highest BCUT2D eigenvalue weighted by molar-refractivity contribution is 7.17. The van der Waals surface area contributed by atoms with E-state index >= 15 is 0 Å². The maximum absolute atomic E-state index is 14.3. The summed E-state index contributed by atoms with van der Waals surface area (Å²) >= 11 is 1.56. The van der Waals surface area contributed by atoms with E-state index in [2.05, 4.69) is 45.6 Å². The molecule has 1 fully saturated rings. The molecule has 2 N–H and O–H groups in total. The summed E-state index contributed by atoms with van der Waals surface area (Å²) < 4.78 is 31.9. The Morgan fingerprint density at radius 1 is 1.09 bits per heavy atom. The average Bonchev–Trinajstić information content (AvgIpc) is 3.53. The number of ether oxygens (including phenoxy) is 3. The number of alkyl carbamates (subject to hydrolysis) is 1. The van der Waals surface area contributed by atoms with Crippen molar-refractivity contribution < 1.29 is 28.2 Å². The Balaban J connectivity index is 1.01. The highest BCUT2D eigenvalue weighted by Gasteiger charge is 2.30. The van der Waals surface area contributed by atoms with Crippen LogP contribution in [0.3, 0.4) is 0 Å². The smallest absolute Gasteiger partial charge is 0.407 e. The van der Waals surface area contributed by atoms with Crippen LogP contribution in [0.2, 0.25) is 0 Å². The van der Waals surface area contributed by atoms with Crippen molar-refractivity contribution in [3.63, 3.8) is 0 Å².